The van der Waals surface area contributed by atoms with Crippen molar-refractivity contribution in [3.05, 3.63) is 11.8 Å². The van der Waals surface area contributed by atoms with Crippen LogP contribution in [0, 0.1) is 0 Å². The number of ether oxygens (including phenoxy) is 4. The third kappa shape index (κ3) is 7.67. The molecule has 2 fully saturated rings. The fourth-order valence-electron chi connectivity index (χ4n) is 5.53. The Morgan fingerprint density at radius 1 is 0.975 bits per heavy atom. The fourth-order valence-corrected chi connectivity index (χ4v) is 5.53. The van der Waals surface area contributed by atoms with Crippen molar-refractivity contribution < 1.29 is 48.7 Å². The summed E-state index contributed by atoms with van der Waals surface area (Å²) in [7, 11) is 1.57. The zero-order chi connectivity index (χ0) is 29.8. The monoisotopic (exact) mass is 573 g/mol. The molecular weight excluding hydrogens is 530 g/mol. The molecule has 2 aliphatic heterocycles. The highest BCUT2D eigenvalue weighted by Crippen LogP contribution is 2.32. The zero-order valence-corrected chi connectivity index (χ0v) is 23.5. The van der Waals surface area contributed by atoms with Crippen LogP contribution < -0.4 is 27.0 Å². The number of hydrogen-bond donors (Lipinski definition) is 8. The number of likely N-dealkylation sites (N-methyl/N-ethyl adjacent to an activating group) is 1. The summed E-state index contributed by atoms with van der Waals surface area (Å²) < 4.78 is 23.8. The van der Waals surface area contributed by atoms with E-state index in [1.54, 1.807) is 13.1 Å². The molecule has 11 unspecified atom stereocenters. The Bertz CT molecular complexity index is 949. The molecule has 11 atom stereocenters. The van der Waals surface area contributed by atoms with Gasteiger partial charge in [0.15, 0.2) is 6.29 Å². The van der Waals surface area contributed by atoms with Crippen LogP contribution in [0.3, 0.4) is 0 Å². The molecule has 0 spiro atoms. The van der Waals surface area contributed by atoms with Gasteiger partial charge in [-0.25, -0.2) is 0 Å². The number of amides is 3. The molecule has 40 heavy (non-hydrogen) atoms. The number of nitrogens with two attached hydrogens (primary N) is 1. The van der Waals surface area contributed by atoms with E-state index in [4.69, 9.17) is 24.7 Å². The first-order chi connectivity index (χ1) is 18.8. The van der Waals surface area contributed by atoms with Crippen LogP contribution in [0.15, 0.2) is 11.8 Å². The second-order valence-corrected chi connectivity index (χ2v) is 10.7. The molecule has 15 heteroatoms. The van der Waals surface area contributed by atoms with Gasteiger partial charge in [0.1, 0.15) is 35.8 Å². The van der Waals surface area contributed by atoms with Gasteiger partial charge in [-0.3, -0.25) is 14.4 Å². The molecule has 1 aliphatic carbocycles. The second kappa shape index (κ2) is 13.5. The summed E-state index contributed by atoms with van der Waals surface area (Å²) in [6, 6.07) is -3.07. The van der Waals surface area contributed by atoms with Gasteiger partial charge >= 0.3 is 0 Å². The van der Waals surface area contributed by atoms with Crippen LogP contribution in [-0.4, -0.2) is 120 Å². The minimum Gasteiger partial charge on any atom is -0.466 e. The average Bonchev–Trinajstić information content (AvgIpc) is 2.85. The van der Waals surface area contributed by atoms with Crippen molar-refractivity contribution in [2.75, 3.05) is 20.2 Å². The van der Waals surface area contributed by atoms with Gasteiger partial charge in [0, 0.05) is 20.8 Å². The number of carbonyl (C=O) groups excluding carboxylic acids is 3. The highest BCUT2D eigenvalue weighted by molar-refractivity contribution is 5.74. The topological polar surface area (TPSA) is 223 Å². The average molecular weight is 574 g/mol. The summed E-state index contributed by atoms with van der Waals surface area (Å²) in [5.74, 6) is -0.699. The molecule has 2 heterocycles. The van der Waals surface area contributed by atoms with E-state index in [9.17, 15) is 29.7 Å². The van der Waals surface area contributed by atoms with E-state index < -0.39 is 78.6 Å². The van der Waals surface area contributed by atoms with Crippen molar-refractivity contribution in [1.29, 1.82) is 0 Å². The summed E-state index contributed by atoms with van der Waals surface area (Å²) in [6.45, 7) is 5.37. The van der Waals surface area contributed by atoms with E-state index in [-0.39, 0.29) is 25.5 Å². The van der Waals surface area contributed by atoms with Crippen molar-refractivity contribution in [2.45, 2.75) is 107 Å². The molecule has 0 radical (unpaired) electrons. The summed E-state index contributed by atoms with van der Waals surface area (Å²) >= 11 is 0. The molecular formula is C25H43N5O10. The lowest BCUT2D eigenvalue weighted by atomic mass is 9.82. The molecule has 0 aromatic rings. The van der Waals surface area contributed by atoms with Crippen LogP contribution in [0.2, 0.25) is 0 Å². The van der Waals surface area contributed by atoms with E-state index in [0.717, 1.165) is 0 Å². The lowest BCUT2D eigenvalue weighted by molar-refractivity contribution is -0.304. The maximum Gasteiger partial charge on any atom is 0.220 e. The Kier molecular flexibility index (Phi) is 10.9. The molecule has 0 aromatic heterocycles. The number of aliphatic hydroxyl groups is 3. The van der Waals surface area contributed by atoms with Gasteiger partial charge in [-0.1, -0.05) is 0 Å². The van der Waals surface area contributed by atoms with Gasteiger partial charge in [0.05, 0.1) is 37.3 Å². The minimum absolute atomic E-state index is 0.0820. The summed E-state index contributed by atoms with van der Waals surface area (Å²) in [4.78, 5) is 36.0. The maximum atomic E-state index is 12.1. The number of aliphatic hydroxyl groups excluding tert-OH is 2. The SMILES string of the molecule is CNC1C(O)C(OC2C(NC(C)=O)CC(NC(C)=O)C(OC3OC(CN)=CCC3NC(C)=O)C2O)OCC1(C)O. The first-order valence-electron chi connectivity index (χ1n) is 13.3. The Labute approximate surface area is 233 Å². The van der Waals surface area contributed by atoms with Crippen LogP contribution in [0.4, 0.5) is 0 Å². The van der Waals surface area contributed by atoms with Gasteiger partial charge in [0.2, 0.25) is 24.0 Å². The molecule has 0 bridgehead atoms. The van der Waals surface area contributed by atoms with E-state index >= 15 is 0 Å². The molecule has 228 valence electrons. The van der Waals surface area contributed by atoms with E-state index in [2.05, 4.69) is 21.3 Å². The lowest BCUT2D eigenvalue weighted by Crippen LogP contribution is -2.69. The third-order valence-corrected chi connectivity index (χ3v) is 7.26. The molecule has 3 aliphatic rings. The molecule has 3 amide bonds. The number of nitrogens with one attached hydrogen (secondary N) is 4. The Balaban J connectivity index is 1.91. The van der Waals surface area contributed by atoms with Crippen LogP contribution in [0.1, 0.15) is 40.5 Å². The lowest BCUT2D eigenvalue weighted by Gasteiger charge is -2.49. The predicted molar refractivity (Wildman–Crippen MR) is 139 cm³/mol. The second-order valence-electron chi connectivity index (χ2n) is 10.7. The normalized spacial score (nSPS) is 39.9. The maximum absolute atomic E-state index is 12.1. The van der Waals surface area contributed by atoms with Gasteiger partial charge in [-0.15, -0.1) is 0 Å². The van der Waals surface area contributed by atoms with Crippen LogP contribution in [-0.2, 0) is 33.3 Å². The number of rotatable bonds is 9. The van der Waals surface area contributed by atoms with Gasteiger partial charge in [0.25, 0.3) is 0 Å². The summed E-state index contributed by atoms with van der Waals surface area (Å²) in [5, 5.41) is 44.2. The van der Waals surface area contributed by atoms with Gasteiger partial charge in [-0.2, -0.15) is 0 Å². The van der Waals surface area contributed by atoms with Crippen molar-refractivity contribution in [3.63, 3.8) is 0 Å². The Hall–Kier alpha value is -2.37. The standard InChI is InChI=1S/C25H43N5O10/c1-11(31)28-15-7-6-14(9-26)38-23(15)39-20-16(29-12(2)32)8-17(30-13(3)33)21(18(20)34)40-24-19(35)22(27-5)25(4,36)10-37-24/h6,15-24,27,34-36H,7-10,26H2,1-5H3,(H,28,31)(H,29,32)(H,30,33). The smallest absolute Gasteiger partial charge is 0.220 e. The van der Waals surface area contributed by atoms with Crippen LogP contribution in [0.25, 0.3) is 0 Å². The largest absolute Gasteiger partial charge is 0.466 e. The Morgan fingerprint density at radius 2 is 1.50 bits per heavy atom. The minimum atomic E-state index is -1.48. The highest BCUT2D eigenvalue weighted by atomic mass is 16.7. The fraction of sp³-hybridized carbons (Fsp3) is 0.800. The van der Waals surface area contributed by atoms with Crippen molar-refractivity contribution >= 4 is 17.7 Å². The van der Waals surface area contributed by atoms with Crippen molar-refractivity contribution in [2.24, 2.45) is 5.73 Å². The van der Waals surface area contributed by atoms with Crippen LogP contribution >= 0.6 is 0 Å². The Morgan fingerprint density at radius 3 is 2.00 bits per heavy atom. The molecule has 9 N–H and O–H groups in total. The van der Waals surface area contributed by atoms with Crippen molar-refractivity contribution in [1.82, 2.24) is 21.3 Å². The van der Waals surface area contributed by atoms with E-state index in [0.29, 0.717) is 12.2 Å². The molecule has 15 nitrogen and oxygen atoms in total. The van der Waals surface area contributed by atoms with E-state index in [1.807, 2.05) is 0 Å². The molecule has 1 saturated carbocycles. The first-order valence-corrected chi connectivity index (χ1v) is 13.3. The predicted octanol–water partition coefficient (Wildman–Crippen LogP) is -3.32. The first kappa shape index (κ1) is 32.1. The van der Waals surface area contributed by atoms with Crippen LogP contribution in [0.5, 0.6) is 0 Å². The number of carbonyl (C=O) groups is 3. The van der Waals surface area contributed by atoms with Gasteiger partial charge < -0.3 is 61.3 Å². The molecule has 1 saturated heterocycles. The summed E-state index contributed by atoms with van der Waals surface area (Å²) in [5.41, 5.74) is 4.35. The zero-order valence-electron chi connectivity index (χ0n) is 23.5. The van der Waals surface area contributed by atoms with Gasteiger partial charge in [-0.05, 0) is 32.9 Å². The molecule has 0 aromatic carbocycles. The highest BCUT2D eigenvalue weighted by Gasteiger charge is 2.52. The number of hydrogen-bond acceptors (Lipinski definition) is 12. The quantitative estimate of drug-likeness (QED) is 0.136. The van der Waals surface area contributed by atoms with Crippen molar-refractivity contribution in [3.8, 4) is 0 Å². The molecule has 3 rings (SSSR count). The van der Waals surface area contributed by atoms with E-state index in [1.165, 1.54) is 27.7 Å². The third-order valence-electron chi connectivity index (χ3n) is 7.26. The summed E-state index contributed by atoms with van der Waals surface area (Å²) in [6.07, 6.45) is -5.32.